The maximum atomic E-state index is 13.8. The number of aryl methyl sites for hydroxylation is 1. The molecule has 5 N–H and O–H groups in total. The van der Waals surface area contributed by atoms with Crippen molar-refractivity contribution in [2.45, 2.75) is 50.0 Å². The molecule has 1 atom stereocenters. The molecule has 2 amide bonds. The summed E-state index contributed by atoms with van der Waals surface area (Å²) in [5, 5.41) is 9.63. The first-order valence-corrected chi connectivity index (χ1v) is 18.3. The van der Waals surface area contributed by atoms with Crippen LogP contribution < -0.4 is 22.1 Å². The van der Waals surface area contributed by atoms with Crippen LogP contribution in [-0.2, 0) is 30.8 Å². The molecule has 264 valence electrons. The third kappa shape index (κ3) is 8.21. The van der Waals surface area contributed by atoms with Gasteiger partial charge in [0.15, 0.2) is 5.82 Å². The number of anilines is 1. The minimum Gasteiger partial charge on any atom is -0.379 e. The number of hydrogen-bond donors (Lipinski definition) is 4. The van der Waals surface area contributed by atoms with Crippen molar-refractivity contribution in [1.82, 2.24) is 19.8 Å². The number of aromatic nitrogens is 2. The maximum Gasteiger partial charge on any atom is 0.439 e. The zero-order chi connectivity index (χ0) is 35.3. The number of H-pyrrole nitrogens is 1. The summed E-state index contributed by atoms with van der Waals surface area (Å²) in [4.78, 5) is 41.4. The van der Waals surface area contributed by atoms with E-state index in [1.54, 1.807) is 42.5 Å². The van der Waals surface area contributed by atoms with Gasteiger partial charge in [-0.3, -0.25) is 19.1 Å². The number of amides is 2. The molecule has 4 aromatic rings. The van der Waals surface area contributed by atoms with Gasteiger partial charge in [0, 0.05) is 36.7 Å². The molecule has 1 saturated heterocycles. The SMILES string of the molecule is Cc1ccc(S(=O)(=O)N2CCOCC2)cc1-c1cccc(CC(NC(=O)C2CCC(CN)CC2)C(=O)Nc2ccc(-c3noc(=O)[nH]3)cc2)c1. The van der Waals surface area contributed by atoms with Crippen LogP contribution in [-0.4, -0.2) is 73.6 Å². The predicted octanol–water partition coefficient (Wildman–Crippen LogP) is 3.46. The van der Waals surface area contributed by atoms with E-state index in [2.05, 4.69) is 25.3 Å². The van der Waals surface area contributed by atoms with Crippen LogP contribution in [0.1, 0.15) is 36.8 Å². The van der Waals surface area contributed by atoms with E-state index in [-0.39, 0.29) is 29.0 Å². The van der Waals surface area contributed by atoms with Gasteiger partial charge < -0.3 is 21.1 Å². The van der Waals surface area contributed by atoms with Crippen molar-refractivity contribution in [3.8, 4) is 22.5 Å². The smallest absolute Gasteiger partial charge is 0.379 e. The Balaban J connectivity index is 1.23. The van der Waals surface area contributed by atoms with Gasteiger partial charge in [-0.2, -0.15) is 4.31 Å². The van der Waals surface area contributed by atoms with Crippen molar-refractivity contribution in [3.05, 3.63) is 88.4 Å². The molecular formula is C36H42N6O7S. The summed E-state index contributed by atoms with van der Waals surface area (Å²) in [6, 6.07) is 18.5. The quantitative estimate of drug-likeness (QED) is 0.181. The molecule has 3 aromatic carbocycles. The summed E-state index contributed by atoms with van der Waals surface area (Å²) in [7, 11) is -3.70. The number of nitrogens with two attached hydrogens (primary N) is 1. The molecule has 0 spiro atoms. The fourth-order valence-electron chi connectivity index (χ4n) is 6.56. The Labute approximate surface area is 290 Å². The number of carbonyl (C=O) groups excluding carboxylic acids is 2. The Kier molecular flexibility index (Phi) is 10.9. The van der Waals surface area contributed by atoms with Crippen molar-refractivity contribution in [2.24, 2.45) is 17.6 Å². The highest BCUT2D eigenvalue weighted by Crippen LogP contribution is 2.30. The lowest BCUT2D eigenvalue weighted by Crippen LogP contribution is -2.48. The van der Waals surface area contributed by atoms with Crippen LogP contribution in [0.5, 0.6) is 0 Å². The van der Waals surface area contributed by atoms with Gasteiger partial charge in [0.2, 0.25) is 21.8 Å². The third-order valence-corrected chi connectivity index (χ3v) is 11.4. The Morgan fingerprint density at radius 2 is 1.74 bits per heavy atom. The van der Waals surface area contributed by atoms with Crippen molar-refractivity contribution < 1.29 is 27.3 Å². The number of benzene rings is 3. The number of hydrogen-bond acceptors (Lipinski definition) is 9. The summed E-state index contributed by atoms with van der Waals surface area (Å²) in [6.45, 7) is 3.85. The number of aromatic amines is 1. The van der Waals surface area contributed by atoms with Crippen LogP contribution >= 0.6 is 0 Å². The van der Waals surface area contributed by atoms with E-state index < -0.39 is 27.7 Å². The summed E-state index contributed by atoms with van der Waals surface area (Å²) in [5.41, 5.74) is 10.2. The number of sulfonamides is 1. The Morgan fingerprint density at radius 1 is 1.00 bits per heavy atom. The Hall–Kier alpha value is -4.63. The van der Waals surface area contributed by atoms with E-state index in [0.29, 0.717) is 62.9 Å². The number of nitrogens with zero attached hydrogens (tertiary/aromatic N) is 2. The van der Waals surface area contributed by atoms with Crippen molar-refractivity contribution in [3.63, 3.8) is 0 Å². The molecule has 2 aliphatic rings. The number of carbonyl (C=O) groups is 2. The van der Waals surface area contributed by atoms with Gasteiger partial charge in [-0.1, -0.05) is 35.5 Å². The minimum absolute atomic E-state index is 0.168. The van der Waals surface area contributed by atoms with Gasteiger partial charge in [0.1, 0.15) is 6.04 Å². The second-order valence-electron chi connectivity index (χ2n) is 12.9. The molecule has 50 heavy (non-hydrogen) atoms. The molecule has 0 bridgehead atoms. The Morgan fingerprint density at radius 3 is 2.42 bits per heavy atom. The molecule has 2 heterocycles. The third-order valence-electron chi connectivity index (χ3n) is 9.54. The first-order chi connectivity index (χ1) is 24.1. The molecule has 1 aromatic heterocycles. The summed E-state index contributed by atoms with van der Waals surface area (Å²) in [5.74, 6) is -0.762. The molecule has 1 saturated carbocycles. The standard InChI is InChI=1S/C36H42N6O7S/c1-23-5-14-30(50(46,47)42-15-17-48-18-16-42)21-31(23)28-4-2-3-25(19-28)20-32(39-34(43)27-8-6-24(22-37)7-9-27)35(44)38-29-12-10-26(11-13-29)33-40-36(45)49-41-33/h2-5,10-14,19,21,24,27,32H,6-9,15-18,20,22,37H2,1H3,(H,38,44)(H,39,43)(H,40,41,45). The van der Waals surface area contributed by atoms with E-state index in [4.69, 9.17) is 10.5 Å². The van der Waals surface area contributed by atoms with Crippen molar-refractivity contribution in [1.29, 1.82) is 0 Å². The molecule has 1 aliphatic carbocycles. The summed E-state index contributed by atoms with van der Waals surface area (Å²) < 4.78 is 38.2. The van der Waals surface area contributed by atoms with Gasteiger partial charge in [-0.05, 0) is 104 Å². The molecule has 2 fully saturated rings. The molecular weight excluding hydrogens is 660 g/mol. The van der Waals surface area contributed by atoms with Crippen LogP contribution in [0.3, 0.4) is 0 Å². The van der Waals surface area contributed by atoms with Crippen molar-refractivity contribution in [2.75, 3.05) is 38.2 Å². The minimum atomic E-state index is -3.70. The number of morpholine rings is 1. The molecule has 14 heteroatoms. The summed E-state index contributed by atoms with van der Waals surface area (Å²) in [6.07, 6.45) is 3.37. The number of rotatable bonds is 11. The topological polar surface area (TPSA) is 190 Å². The largest absolute Gasteiger partial charge is 0.439 e. The maximum absolute atomic E-state index is 13.8. The van der Waals surface area contributed by atoms with Gasteiger partial charge in [-0.25, -0.2) is 13.2 Å². The monoisotopic (exact) mass is 702 g/mol. The molecule has 1 unspecified atom stereocenters. The van der Waals surface area contributed by atoms with Gasteiger partial charge in [-0.15, -0.1) is 0 Å². The highest BCUT2D eigenvalue weighted by molar-refractivity contribution is 7.89. The average molecular weight is 703 g/mol. The van der Waals surface area contributed by atoms with Crippen LogP contribution in [0.2, 0.25) is 0 Å². The average Bonchev–Trinajstić information content (AvgIpc) is 3.58. The predicted molar refractivity (Wildman–Crippen MR) is 188 cm³/mol. The highest BCUT2D eigenvalue weighted by atomic mass is 32.2. The first-order valence-electron chi connectivity index (χ1n) is 16.9. The lowest BCUT2D eigenvalue weighted by atomic mass is 9.81. The van der Waals surface area contributed by atoms with E-state index in [0.717, 1.165) is 35.1 Å². The second kappa shape index (κ2) is 15.5. The van der Waals surface area contributed by atoms with Crippen LogP contribution in [0, 0.1) is 18.8 Å². The van der Waals surface area contributed by atoms with E-state index >= 15 is 0 Å². The molecule has 0 radical (unpaired) electrons. The van der Waals surface area contributed by atoms with E-state index in [9.17, 15) is 22.8 Å². The lowest BCUT2D eigenvalue weighted by Gasteiger charge is -2.28. The Bertz CT molecular complexity index is 1980. The lowest BCUT2D eigenvalue weighted by molar-refractivity contribution is -0.130. The van der Waals surface area contributed by atoms with Crippen LogP contribution in [0.25, 0.3) is 22.5 Å². The van der Waals surface area contributed by atoms with Gasteiger partial charge in [0.25, 0.3) is 0 Å². The zero-order valence-electron chi connectivity index (χ0n) is 27.9. The molecule has 6 rings (SSSR count). The normalized spacial score (nSPS) is 19.1. The molecule has 1 aliphatic heterocycles. The van der Waals surface area contributed by atoms with Crippen LogP contribution in [0.15, 0.2) is 80.9 Å². The zero-order valence-corrected chi connectivity index (χ0v) is 28.7. The fraction of sp³-hybridized carbons (Fsp3) is 0.389. The van der Waals surface area contributed by atoms with Gasteiger partial charge in [0.05, 0.1) is 18.1 Å². The second-order valence-corrected chi connectivity index (χ2v) is 14.9. The molecule has 13 nitrogen and oxygen atoms in total. The summed E-state index contributed by atoms with van der Waals surface area (Å²) >= 11 is 0. The van der Waals surface area contributed by atoms with E-state index in [1.807, 2.05) is 31.2 Å². The van der Waals surface area contributed by atoms with E-state index in [1.165, 1.54) is 4.31 Å². The number of ether oxygens (including phenoxy) is 1. The highest BCUT2D eigenvalue weighted by Gasteiger charge is 2.30. The first kappa shape index (κ1) is 35.2. The van der Waals surface area contributed by atoms with Crippen LogP contribution in [0.4, 0.5) is 5.69 Å². The fourth-order valence-corrected chi connectivity index (χ4v) is 8.00. The number of nitrogens with one attached hydrogen (secondary N) is 3. The van der Waals surface area contributed by atoms with Gasteiger partial charge >= 0.3 is 5.76 Å². The van der Waals surface area contributed by atoms with Crippen molar-refractivity contribution >= 4 is 27.5 Å².